The molecule has 8 heteroatoms. The van der Waals surface area contributed by atoms with Gasteiger partial charge in [0, 0.05) is 13.5 Å². The standard InChI is InChI=1S/C16H25N3O3S.ClH/c1-12(14-4-6-15(7-5-14)23(17,21)22)19(2)16(20)8-3-13-9-10-18-11-13;/h4-7,12-13,18H,3,8-11H2,1-2H3,(H2,17,21,22);1H. The number of carbonyl (C=O) groups excluding carboxylic acids is 1. The number of nitrogens with two attached hydrogens (primary N) is 1. The predicted molar refractivity (Wildman–Crippen MR) is 96.5 cm³/mol. The largest absolute Gasteiger partial charge is 0.339 e. The molecule has 1 aromatic rings. The number of nitrogens with zero attached hydrogens (tertiary/aromatic N) is 1. The van der Waals surface area contributed by atoms with E-state index in [1.165, 1.54) is 12.1 Å². The van der Waals surface area contributed by atoms with Gasteiger partial charge in [0.05, 0.1) is 10.9 Å². The molecular formula is C16H26ClN3O3S. The van der Waals surface area contributed by atoms with E-state index in [1.54, 1.807) is 24.1 Å². The van der Waals surface area contributed by atoms with Gasteiger partial charge in [-0.15, -0.1) is 12.4 Å². The zero-order valence-electron chi connectivity index (χ0n) is 14.1. The Morgan fingerprint density at radius 3 is 2.50 bits per heavy atom. The number of primary sulfonamides is 1. The van der Waals surface area contributed by atoms with E-state index in [4.69, 9.17) is 5.14 Å². The molecule has 0 radical (unpaired) electrons. The molecule has 2 rings (SSSR count). The van der Waals surface area contributed by atoms with Gasteiger partial charge >= 0.3 is 0 Å². The fraction of sp³-hybridized carbons (Fsp3) is 0.562. The van der Waals surface area contributed by atoms with Crippen LogP contribution in [0.25, 0.3) is 0 Å². The number of halogens is 1. The van der Waals surface area contributed by atoms with Gasteiger partial charge in [-0.25, -0.2) is 13.6 Å². The molecule has 1 aliphatic rings. The summed E-state index contributed by atoms with van der Waals surface area (Å²) >= 11 is 0. The average Bonchev–Trinajstić information content (AvgIpc) is 3.04. The van der Waals surface area contributed by atoms with Gasteiger partial charge in [0.25, 0.3) is 0 Å². The lowest BCUT2D eigenvalue weighted by atomic mass is 10.0. The van der Waals surface area contributed by atoms with Crippen LogP contribution in [0.3, 0.4) is 0 Å². The number of benzene rings is 1. The second-order valence-corrected chi connectivity index (χ2v) is 7.75. The number of hydrogen-bond donors (Lipinski definition) is 2. The first-order valence-electron chi connectivity index (χ1n) is 7.88. The van der Waals surface area contributed by atoms with Crippen LogP contribution in [0.15, 0.2) is 29.2 Å². The highest BCUT2D eigenvalue weighted by Crippen LogP contribution is 2.22. The van der Waals surface area contributed by atoms with Crippen LogP contribution in [-0.2, 0) is 14.8 Å². The molecule has 0 bridgehead atoms. The van der Waals surface area contributed by atoms with Crippen molar-refractivity contribution in [3.63, 3.8) is 0 Å². The van der Waals surface area contributed by atoms with Gasteiger partial charge in [0.1, 0.15) is 0 Å². The van der Waals surface area contributed by atoms with Crippen LogP contribution >= 0.6 is 12.4 Å². The van der Waals surface area contributed by atoms with Gasteiger partial charge in [-0.05, 0) is 56.5 Å². The molecule has 1 aliphatic heterocycles. The lowest BCUT2D eigenvalue weighted by Crippen LogP contribution is -2.30. The molecule has 1 amide bonds. The Hall–Kier alpha value is -1.15. The summed E-state index contributed by atoms with van der Waals surface area (Å²) in [5.41, 5.74) is 0.885. The van der Waals surface area contributed by atoms with Crippen LogP contribution in [-0.4, -0.2) is 39.4 Å². The molecule has 136 valence electrons. The van der Waals surface area contributed by atoms with E-state index in [0.29, 0.717) is 12.3 Å². The SMILES string of the molecule is CC(c1ccc(S(N)(=O)=O)cc1)N(C)C(=O)CCC1CCNC1.Cl. The topological polar surface area (TPSA) is 92.5 Å². The monoisotopic (exact) mass is 375 g/mol. The van der Waals surface area contributed by atoms with Crippen molar-refractivity contribution in [3.8, 4) is 0 Å². The Bertz CT molecular complexity index is 643. The van der Waals surface area contributed by atoms with Gasteiger partial charge in [-0.3, -0.25) is 4.79 Å². The van der Waals surface area contributed by atoms with Gasteiger partial charge < -0.3 is 10.2 Å². The first-order chi connectivity index (χ1) is 10.8. The van der Waals surface area contributed by atoms with Crippen LogP contribution in [0.2, 0.25) is 0 Å². The summed E-state index contributed by atoms with van der Waals surface area (Å²) in [6.45, 7) is 3.98. The summed E-state index contributed by atoms with van der Waals surface area (Å²) in [4.78, 5) is 14.1. The van der Waals surface area contributed by atoms with Crippen molar-refractivity contribution >= 4 is 28.3 Å². The van der Waals surface area contributed by atoms with E-state index in [2.05, 4.69) is 5.32 Å². The average molecular weight is 376 g/mol. The number of hydrogen-bond acceptors (Lipinski definition) is 4. The molecule has 6 nitrogen and oxygen atoms in total. The van der Waals surface area contributed by atoms with Gasteiger partial charge in [-0.1, -0.05) is 12.1 Å². The molecule has 0 aliphatic carbocycles. The lowest BCUT2D eigenvalue weighted by molar-refractivity contribution is -0.132. The van der Waals surface area contributed by atoms with E-state index < -0.39 is 10.0 Å². The molecule has 2 unspecified atom stereocenters. The smallest absolute Gasteiger partial charge is 0.238 e. The fourth-order valence-electron chi connectivity index (χ4n) is 2.84. The third kappa shape index (κ3) is 5.44. The number of rotatable bonds is 6. The normalized spacial score (nSPS) is 18.7. The Morgan fingerprint density at radius 1 is 1.38 bits per heavy atom. The maximum atomic E-state index is 12.3. The molecule has 1 saturated heterocycles. The van der Waals surface area contributed by atoms with Gasteiger partial charge in [0.2, 0.25) is 15.9 Å². The molecule has 1 fully saturated rings. The molecule has 24 heavy (non-hydrogen) atoms. The van der Waals surface area contributed by atoms with Crippen LogP contribution in [0.1, 0.15) is 37.8 Å². The van der Waals surface area contributed by atoms with E-state index in [9.17, 15) is 13.2 Å². The second kappa shape index (κ2) is 8.80. The molecule has 1 heterocycles. The highest BCUT2D eigenvalue weighted by molar-refractivity contribution is 7.89. The zero-order chi connectivity index (χ0) is 17.0. The first-order valence-corrected chi connectivity index (χ1v) is 9.43. The van der Waals surface area contributed by atoms with Gasteiger partial charge in [0.15, 0.2) is 0 Å². The second-order valence-electron chi connectivity index (χ2n) is 6.19. The number of sulfonamides is 1. The molecule has 0 spiro atoms. The minimum atomic E-state index is -3.69. The summed E-state index contributed by atoms with van der Waals surface area (Å²) in [6.07, 6.45) is 2.59. The van der Waals surface area contributed by atoms with Crippen molar-refractivity contribution in [2.75, 3.05) is 20.1 Å². The molecule has 3 N–H and O–H groups in total. The molecular weight excluding hydrogens is 350 g/mol. The minimum absolute atomic E-state index is 0. The molecule has 1 aromatic carbocycles. The quantitative estimate of drug-likeness (QED) is 0.790. The van der Waals surface area contributed by atoms with Crippen LogP contribution in [0.4, 0.5) is 0 Å². The maximum Gasteiger partial charge on any atom is 0.238 e. The third-order valence-electron chi connectivity index (χ3n) is 4.59. The Labute approximate surface area is 150 Å². The lowest BCUT2D eigenvalue weighted by Gasteiger charge is -2.26. The zero-order valence-corrected chi connectivity index (χ0v) is 15.7. The summed E-state index contributed by atoms with van der Waals surface area (Å²) in [5.74, 6) is 0.705. The van der Waals surface area contributed by atoms with Crippen LogP contribution in [0, 0.1) is 5.92 Å². The number of amides is 1. The molecule has 0 saturated carbocycles. The van der Waals surface area contributed by atoms with Crippen molar-refractivity contribution in [2.45, 2.75) is 37.1 Å². The van der Waals surface area contributed by atoms with Gasteiger partial charge in [-0.2, -0.15) is 0 Å². The summed E-state index contributed by atoms with van der Waals surface area (Å²) < 4.78 is 22.6. The Morgan fingerprint density at radius 2 is 2.00 bits per heavy atom. The molecule has 0 aromatic heterocycles. The molecule has 2 atom stereocenters. The maximum absolute atomic E-state index is 12.3. The van der Waals surface area contributed by atoms with Crippen molar-refractivity contribution in [3.05, 3.63) is 29.8 Å². The van der Waals surface area contributed by atoms with E-state index in [0.717, 1.165) is 31.5 Å². The Kier molecular flexibility index (Phi) is 7.66. The van der Waals surface area contributed by atoms with Crippen molar-refractivity contribution in [2.24, 2.45) is 11.1 Å². The fourth-order valence-corrected chi connectivity index (χ4v) is 3.36. The summed E-state index contributed by atoms with van der Waals surface area (Å²) in [7, 11) is -1.90. The van der Waals surface area contributed by atoms with Crippen molar-refractivity contribution in [1.29, 1.82) is 0 Å². The first kappa shape index (κ1) is 20.9. The minimum Gasteiger partial charge on any atom is -0.339 e. The van der Waals surface area contributed by atoms with Crippen molar-refractivity contribution < 1.29 is 13.2 Å². The van der Waals surface area contributed by atoms with E-state index in [-0.39, 0.29) is 29.3 Å². The van der Waals surface area contributed by atoms with E-state index in [1.807, 2.05) is 6.92 Å². The van der Waals surface area contributed by atoms with Crippen LogP contribution < -0.4 is 10.5 Å². The highest BCUT2D eigenvalue weighted by atomic mass is 35.5. The predicted octanol–water partition coefficient (Wildman–Crippen LogP) is 1.66. The third-order valence-corrected chi connectivity index (χ3v) is 5.52. The summed E-state index contributed by atoms with van der Waals surface area (Å²) in [6, 6.07) is 6.25. The van der Waals surface area contributed by atoms with E-state index >= 15 is 0 Å². The van der Waals surface area contributed by atoms with Crippen LogP contribution in [0.5, 0.6) is 0 Å². The highest BCUT2D eigenvalue weighted by Gasteiger charge is 2.21. The number of nitrogens with one attached hydrogen (secondary N) is 1. The number of carbonyl (C=O) groups is 1. The Balaban J connectivity index is 0.00000288. The van der Waals surface area contributed by atoms with Crippen molar-refractivity contribution in [1.82, 2.24) is 10.2 Å². The summed E-state index contributed by atoms with van der Waals surface area (Å²) in [5, 5.41) is 8.40.